The Morgan fingerprint density at radius 3 is 1.38 bits per heavy atom. The van der Waals surface area contributed by atoms with E-state index in [1.165, 1.54) is 12.1 Å². The minimum atomic E-state index is -1.50. The van der Waals surface area contributed by atoms with E-state index in [1.807, 2.05) is 0 Å². The number of rotatable bonds is 8. The second-order valence-electron chi connectivity index (χ2n) is 8.39. The summed E-state index contributed by atoms with van der Waals surface area (Å²) >= 11 is 1.13. The Kier molecular flexibility index (Phi) is 9.35. The SMILES string of the molecule is COC(=O)[C@H]1O[C@H](SC)[C@H](OC(=O)c2ccccc2)[C@@H](OC(=O)c2ccccc2)[C@H]1OC(=O)c1ccccc1. The van der Waals surface area contributed by atoms with Crippen LogP contribution < -0.4 is 0 Å². The van der Waals surface area contributed by atoms with E-state index in [4.69, 9.17) is 23.7 Å². The van der Waals surface area contributed by atoms with Crippen LogP contribution in [0.1, 0.15) is 31.1 Å². The van der Waals surface area contributed by atoms with E-state index in [2.05, 4.69) is 0 Å². The average molecular weight is 551 g/mol. The van der Waals surface area contributed by atoms with Crippen molar-refractivity contribution in [1.82, 2.24) is 0 Å². The molecule has 0 aromatic heterocycles. The lowest BCUT2D eigenvalue weighted by Gasteiger charge is -2.43. The van der Waals surface area contributed by atoms with Crippen LogP contribution in [-0.4, -0.2) is 67.1 Å². The standard InChI is InChI=1S/C29H26O9S/c1-34-28(33)23-21(35-25(30)18-12-6-3-7-13-18)22(36-26(31)19-14-8-4-9-15-19)24(29(38-23)39-2)37-27(32)20-16-10-5-11-17-20/h3-17,21-24,29H,1-2H3/t21-,22+,23+,24-,29-/m1/s1. The number of hydrogen-bond donors (Lipinski definition) is 0. The topological polar surface area (TPSA) is 114 Å². The Morgan fingerprint density at radius 2 is 1.00 bits per heavy atom. The van der Waals surface area contributed by atoms with Crippen LogP contribution in [0.2, 0.25) is 0 Å². The van der Waals surface area contributed by atoms with Crippen molar-refractivity contribution in [3.63, 3.8) is 0 Å². The smallest absolute Gasteiger partial charge is 0.339 e. The highest BCUT2D eigenvalue weighted by Gasteiger charge is 2.55. The number of thioether (sulfide) groups is 1. The van der Waals surface area contributed by atoms with E-state index < -0.39 is 53.7 Å². The van der Waals surface area contributed by atoms with Gasteiger partial charge >= 0.3 is 23.9 Å². The van der Waals surface area contributed by atoms with Gasteiger partial charge in [0.15, 0.2) is 24.4 Å². The fraction of sp³-hybridized carbons (Fsp3) is 0.241. The minimum absolute atomic E-state index is 0.194. The van der Waals surface area contributed by atoms with Gasteiger partial charge in [-0.25, -0.2) is 19.2 Å². The van der Waals surface area contributed by atoms with Crippen LogP contribution in [0, 0.1) is 0 Å². The molecule has 1 fully saturated rings. The van der Waals surface area contributed by atoms with Crippen LogP contribution in [0.5, 0.6) is 0 Å². The first-order chi connectivity index (χ1) is 18.9. The molecule has 10 heteroatoms. The van der Waals surface area contributed by atoms with Gasteiger partial charge in [-0.05, 0) is 42.7 Å². The highest BCUT2D eigenvalue weighted by Crippen LogP contribution is 2.34. The van der Waals surface area contributed by atoms with Gasteiger partial charge in [-0.1, -0.05) is 54.6 Å². The molecule has 0 amide bonds. The van der Waals surface area contributed by atoms with Gasteiger partial charge < -0.3 is 23.7 Å². The lowest BCUT2D eigenvalue weighted by Crippen LogP contribution is -2.62. The maximum atomic E-state index is 13.2. The van der Waals surface area contributed by atoms with Gasteiger partial charge in [0.25, 0.3) is 0 Å². The average Bonchev–Trinajstić information content (AvgIpc) is 2.99. The molecule has 0 unspecified atom stereocenters. The van der Waals surface area contributed by atoms with E-state index in [1.54, 1.807) is 85.1 Å². The Labute approximate surface area is 229 Å². The molecule has 0 aliphatic carbocycles. The van der Waals surface area contributed by atoms with E-state index in [0.717, 1.165) is 18.9 Å². The van der Waals surface area contributed by atoms with Gasteiger partial charge in [-0.15, -0.1) is 11.8 Å². The monoisotopic (exact) mass is 550 g/mol. The molecule has 9 nitrogen and oxygen atoms in total. The normalized spacial score (nSPS) is 22.3. The second kappa shape index (κ2) is 13.1. The molecule has 0 radical (unpaired) electrons. The summed E-state index contributed by atoms with van der Waals surface area (Å²) in [5, 5.41) is 0. The molecular formula is C29H26O9S. The van der Waals surface area contributed by atoms with Crippen LogP contribution >= 0.6 is 11.8 Å². The molecular weight excluding hydrogens is 524 g/mol. The highest BCUT2D eigenvalue weighted by atomic mass is 32.2. The first-order valence-electron chi connectivity index (χ1n) is 12.0. The second-order valence-corrected chi connectivity index (χ2v) is 9.33. The number of carbonyl (C=O) groups excluding carboxylic acids is 4. The molecule has 1 aliphatic rings. The zero-order valence-corrected chi connectivity index (χ0v) is 21.9. The molecule has 5 atom stereocenters. The predicted octanol–water partition coefficient (Wildman–Crippen LogP) is 3.92. The number of esters is 4. The summed E-state index contributed by atoms with van der Waals surface area (Å²) in [5.41, 5.74) is -0.319. The van der Waals surface area contributed by atoms with Crippen molar-refractivity contribution in [3.05, 3.63) is 108 Å². The van der Waals surface area contributed by atoms with Crippen molar-refractivity contribution in [2.75, 3.05) is 13.4 Å². The maximum absolute atomic E-state index is 13.2. The summed E-state index contributed by atoms with van der Waals surface area (Å²) in [4.78, 5) is 52.2. The highest BCUT2D eigenvalue weighted by molar-refractivity contribution is 7.99. The van der Waals surface area contributed by atoms with Gasteiger partial charge in [0, 0.05) is 0 Å². The molecule has 0 saturated carbocycles. The minimum Gasteiger partial charge on any atom is -0.467 e. The molecule has 3 aromatic carbocycles. The molecule has 0 spiro atoms. The summed E-state index contributed by atoms with van der Waals surface area (Å²) in [7, 11) is 1.16. The van der Waals surface area contributed by atoms with Crippen LogP contribution in [0.4, 0.5) is 0 Å². The first-order valence-corrected chi connectivity index (χ1v) is 13.3. The van der Waals surface area contributed by atoms with Gasteiger partial charge in [-0.3, -0.25) is 0 Å². The fourth-order valence-electron chi connectivity index (χ4n) is 3.99. The molecule has 0 bridgehead atoms. The van der Waals surface area contributed by atoms with E-state index >= 15 is 0 Å². The van der Waals surface area contributed by atoms with E-state index in [-0.39, 0.29) is 16.7 Å². The van der Waals surface area contributed by atoms with Gasteiger partial charge in [-0.2, -0.15) is 0 Å². The van der Waals surface area contributed by atoms with Crippen LogP contribution in [0.3, 0.4) is 0 Å². The van der Waals surface area contributed by atoms with Crippen molar-refractivity contribution >= 4 is 35.6 Å². The number of hydrogen-bond acceptors (Lipinski definition) is 10. The quantitative estimate of drug-likeness (QED) is 0.302. The van der Waals surface area contributed by atoms with Crippen molar-refractivity contribution in [1.29, 1.82) is 0 Å². The third-order valence-corrected chi connectivity index (χ3v) is 6.76. The zero-order valence-electron chi connectivity index (χ0n) is 21.1. The Bertz CT molecular complexity index is 1280. The Morgan fingerprint density at radius 1 is 0.615 bits per heavy atom. The van der Waals surface area contributed by atoms with Crippen LogP contribution in [0.25, 0.3) is 0 Å². The number of benzene rings is 3. The van der Waals surface area contributed by atoms with Gasteiger partial charge in [0.2, 0.25) is 0 Å². The van der Waals surface area contributed by atoms with Crippen LogP contribution in [0.15, 0.2) is 91.0 Å². The molecule has 39 heavy (non-hydrogen) atoms. The molecule has 4 rings (SSSR count). The molecule has 1 aliphatic heterocycles. The van der Waals surface area contributed by atoms with Gasteiger partial charge in [0.1, 0.15) is 5.44 Å². The van der Waals surface area contributed by atoms with Gasteiger partial charge in [0.05, 0.1) is 23.8 Å². The van der Waals surface area contributed by atoms with E-state index in [0.29, 0.717) is 0 Å². The summed E-state index contributed by atoms with van der Waals surface area (Å²) in [6, 6.07) is 24.4. The third kappa shape index (κ3) is 6.65. The Balaban J connectivity index is 1.74. The fourth-order valence-corrected chi connectivity index (χ4v) is 4.70. The number of ether oxygens (including phenoxy) is 5. The van der Waals surface area contributed by atoms with E-state index in [9.17, 15) is 19.2 Å². The van der Waals surface area contributed by atoms with Crippen LogP contribution in [-0.2, 0) is 28.5 Å². The Hall–Kier alpha value is -4.15. The molecule has 202 valence electrons. The summed E-state index contributed by atoms with van der Waals surface area (Å²) in [5.74, 6) is -3.13. The predicted molar refractivity (Wildman–Crippen MR) is 141 cm³/mol. The maximum Gasteiger partial charge on any atom is 0.339 e. The summed E-state index contributed by atoms with van der Waals surface area (Å²) in [6.07, 6.45) is -3.98. The first kappa shape index (κ1) is 27.9. The number of carbonyl (C=O) groups is 4. The lowest BCUT2D eigenvalue weighted by atomic mass is 9.98. The zero-order chi connectivity index (χ0) is 27.8. The summed E-state index contributed by atoms with van der Waals surface area (Å²) < 4.78 is 28.2. The summed E-state index contributed by atoms with van der Waals surface area (Å²) in [6.45, 7) is 0. The van der Waals surface area contributed by atoms with Crippen molar-refractivity contribution in [3.8, 4) is 0 Å². The molecule has 1 saturated heterocycles. The van der Waals surface area contributed by atoms with Crippen molar-refractivity contribution in [2.24, 2.45) is 0 Å². The molecule has 1 heterocycles. The lowest BCUT2D eigenvalue weighted by molar-refractivity contribution is -0.211. The number of methoxy groups -OCH3 is 1. The largest absolute Gasteiger partial charge is 0.467 e. The third-order valence-electron chi connectivity index (χ3n) is 5.92. The van der Waals surface area contributed by atoms with Crippen molar-refractivity contribution in [2.45, 2.75) is 29.9 Å². The molecule has 0 N–H and O–H groups in total. The molecule has 3 aromatic rings. The van der Waals surface area contributed by atoms with Crippen molar-refractivity contribution < 1.29 is 42.9 Å².